The minimum absolute atomic E-state index is 0.0994. The van der Waals surface area contributed by atoms with E-state index in [1.165, 1.54) is 0 Å². The van der Waals surface area contributed by atoms with E-state index < -0.39 is 0 Å². The predicted molar refractivity (Wildman–Crippen MR) is 89.5 cm³/mol. The molecule has 1 amide bonds. The molecule has 0 spiro atoms. The van der Waals surface area contributed by atoms with Crippen LogP contribution in [0.5, 0.6) is 11.5 Å². The molecule has 1 aromatic carbocycles. The van der Waals surface area contributed by atoms with Crippen LogP contribution in [0.3, 0.4) is 0 Å². The third kappa shape index (κ3) is 4.30. The summed E-state index contributed by atoms with van der Waals surface area (Å²) < 4.78 is 16.0. The molecule has 134 valence electrons. The van der Waals surface area contributed by atoms with Gasteiger partial charge in [-0.2, -0.15) is 0 Å². The van der Waals surface area contributed by atoms with E-state index in [0.29, 0.717) is 30.3 Å². The van der Waals surface area contributed by atoms with Gasteiger partial charge in [-0.15, -0.1) is 0 Å². The molecule has 0 aliphatic carbocycles. The molecule has 1 unspecified atom stereocenters. The number of aliphatic hydroxyl groups is 1. The molecule has 2 aromatic rings. The van der Waals surface area contributed by atoms with Crippen molar-refractivity contribution < 1.29 is 23.9 Å². The fourth-order valence-corrected chi connectivity index (χ4v) is 2.89. The number of hydrogen-bond acceptors (Lipinski definition) is 6. The molecule has 7 heteroatoms. The second-order valence-corrected chi connectivity index (χ2v) is 6.09. The summed E-state index contributed by atoms with van der Waals surface area (Å²) in [5.41, 5.74) is 0.267. The molecule has 1 aliphatic rings. The van der Waals surface area contributed by atoms with Gasteiger partial charge in [0.2, 0.25) is 0 Å². The van der Waals surface area contributed by atoms with Gasteiger partial charge in [0.15, 0.2) is 11.5 Å². The van der Waals surface area contributed by atoms with E-state index in [2.05, 4.69) is 5.16 Å². The number of amides is 1. The van der Waals surface area contributed by atoms with Crippen LogP contribution < -0.4 is 9.47 Å². The van der Waals surface area contributed by atoms with Crippen LogP contribution in [-0.4, -0.2) is 47.9 Å². The molecular weight excluding hydrogens is 324 g/mol. The van der Waals surface area contributed by atoms with Crippen molar-refractivity contribution in [3.8, 4) is 11.5 Å². The van der Waals surface area contributed by atoms with Crippen molar-refractivity contribution in [3.05, 3.63) is 41.8 Å². The summed E-state index contributed by atoms with van der Waals surface area (Å²) >= 11 is 0. The maximum Gasteiger partial charge on any atom is 0.276 e. The van der Waals surface area contributed by atoms with Crippen molar-refractivity contribution in [2.24, 2.45) is 5.92 Å². The molecule has 0 bridgehead atoms. The number of aromatic nitrogens is 1. The van der Waals surface area contributed by atoms with E-state index >= 15 is 0 Å². The Morgan fingerprint density at radius 2 is 2.24 bits per heavy atom. The minimum atomic E-state index is -0.172. The van der Waals surface area contributed by atoms with Crippen LogP contribution >= 0.6 is 0 Å². The zero-order valence-electron chi connectivity index (χ0n) is 14.2. The topological polar surface area (TPSA) is 85.0 Å². The van der Waals surface area contributed by atoms with Crippen molar-refractivity contribution in [1.82, 2.24) is 10.1 Å². The van der Waals surface area contributed by atoms with E-state index in [0.717, 1.165) is 12.8 Å². The van der Waals surface area contributed by atoms with Crippen LogP contribution in [0.15, 0.2) is 34.9 Å². The maximum absolute atomic E-state index is 12.5. The summed E-state index contributed by atoms with van der Waals surface area (Å²) in [4.78, 5) is 14.2. The Labute approximate surface area is 146 Å². The SMILES string of the molecule is COc1cccc(OCc2cc(C(=O)N3CCCC(CO)C3)no2)c1. The average Bonchev–Trinajstić information content (AvgIpc) is 3.15. The molecule has 3 rings (SSSR count). The highest BCUT2D eigenvalue weighted by Gasteiger charge is 2.26. The Bertz CT molecular complexity index is 715. The Balaban J connectivity index is 1.59. The van der Waals surface area contributed by atoms with E-state index in [1.54, 1.807) is 24.1 Å². The average molecular weight is 346 g/mol. The number of piperidine rings is 1. The molecule has 1 fully saturated rings. The lowest BCUT2D eigenvalue weighted by Crippen LogP contribution is -2.41. The number of benzene rings is 1. The first kappa shape index (κ1) is 17.3. The number of aliphatic hydroxyl groups excluding tert-OH is 1. The Morgan fingerprint density at radius 3 is 3.04 bits per heavy atom. The third-order valence-corrected chi connectivity index (χ3v) is 4.26. The number of carbonyl (C=O) groups is 1. The smallest absolute Gasteiger partial charge is 0.276 e. The highest BCUT2D eigenvalue weighted by atomic mass is 16.5. The van der Waals surface area contributed by atoms with E-state index in [4.69, 9.17) is 14.0 Å². The number of methoxy groups -OCH3 is 1. The standard InChI is InChI=1S/C18H22N2O5/c1-23-14-5-2-6-15(8-14)24-12-16-9-17(19-25-16)18(22)20-7-3-4-13(10-20)11-21/h2,5-6,8-9,13,21H,3-4,7,10-12H2,1H3. The predicted octanol–water partition coefficient (Wildman–Crippen LogP) is 2.11. The summed E-state index contributed by atoms with van der Waals surface area (Å²) in [5.74, 6) is 1.79. The van der Waals surface area contributed by atoms with E-state index in [-0.39, 0.29) is 30.7 Å². The molecule has 1 saturated heterocycles. The fourth-order valence-electron chi connectivity index (χ4n) is 2.89. The Morgan fingerprint density at radius 1 is 1.40 bits per heavy atom. The summed E-state index contributed by atoms with van der Waals surface area (Å²) in [7, 11) is 1.59. The van der Waals surface area contributed by atoms with Gasteiger partial charge in [-0.3, -0.25) is 4.79 Å². The maximum atomic E-state index is 12.5. The molecular formula is C18H22N2O5. The van der Waals surface area contributed by atoms with Gasteiger partial charge in [0.25, 0.3) is 5.91 Å². The highest BCUT2D eigenvalue weighted by Crippen LogP contribution is 2.21. The molecule has 2 heterocycles. The molecule has 7 nitrogen and oxygen atoms in total. The van der Waals surface area contributed by atoms with Crippen LogP contribution in [0.4, 0.5) is 0 Å². The van der Waals surface area contributed by atoms with Gasteiger partial charge in [-0.05, 0) is 30.9 Å². The molecule has 1 N–H and O–H groups in total. The van der Waals surface area contributed by atoms with Gasteiger partial charge in [0.05, 0.1) is 7.11 Å². The lowest BCUT2D eigenvalue weighted by atomic mass is 9.99. The van der Waals surface area contributed by atoms with Crippen LogP contribution in [0.1, 0.15) is 29.1 Å². The second-order valence-electron chi connectivity index (χ2n) is 6.09. The van der Waals surface area contributed by atoms with Gasteiger partial charge in [-0.25, -0.2) is 0 Å². The van der Waals surface area contributed by atoms with Crippen molar-refractivity contribution in [2.45, 2.75) is 19.4 Å². The first-order valence-electron chi connectivity index (χ1n) is 8.32. The first-order chi connectivity index (χ1) is 12.2. The number of likely N-dealkylation sites (tertiary alicyclic amines) is 1. The normalized spacial score (nSPS) is 17.4. The molecule has 0 radical (unpaired) electrons. The van der Waals surface area contributed by atoms with Crippen molar-refractivity contribution in [1.29, 1.82) is 0 Å². The largest absolute Gasteiger partial charge is 0.497 e. The van der Waals surface area contributed by atoms with Gasteiger partial charge < -0.3 is 24.0 Å². The van der Waals surface area contributed by atoms with Gasteiger partial charge in [0, 0.05) is 31.8 Å². The minimum Gasteiger partial charge on any atom is -0.497 e. The molecule has 1 aromatic heterocycles. The molecule has 0 saturated carbocycles. The highest BCUT2D eigenvalue weighted by molar-refractivity contribution is 5.92. The number of ether oxygens (including phenoxy) is 2. The second kappa shape index (κ2) is 8.02. The molecule has 1 aliphatic heterocycles. The van der Waals surface area contributed by atoms with E-state index in [9.17, 15) is 9.90 Å². The number of hydrogen-bond donors (Lipinski definition) is 1. The lowest BCUT2D eigenvalue weighted by Gasteiger charge is -2.31. The third-order valence-electron chi connectivity index (χ3n) is 4.26. The monoisotopic (exact) mass is 346 g/mol. The van der Waals surface area contributed by atoms with Crippen molar-refractivity contribution in [2.75, 3.05) is 26.8 Å². The molecule has 25 heavy (non-hydrogen) atoms. The Kier molecular flexibility index (Phi) is 5.55. The van der Waals surface area contributed by atoms with Crippen LogP contribution in [0, 0.1) is 5.92 Å². The molecule has 1 atom stereocenters. The zero-order valence-corrected chi connectivity index (χ0v) is 14.2. The lowest BCUT2D eigenvalue weighted by molar-refractivity contribution is 0.0610. The summed E-state index contributed by atoms with van der Waals surface area (Å²) in [6, 6.07) is 8.84. The quantitative estimate of drug-likeness (QED) is 0.862. The fraction of sp³-hybridized carbons (Fsp3) is 0.444. The number of carbonyl (C=O) groups excluding carboxylic acids is 1. The zero-order chi connectivity index (χ0) is 17.6. The number of nitrogens with zero attached hydrogens (tertiary/aromatic N) is 2. The van der Waals surface area contributed by atoms with Gasteiger partial charge in [0.1, 0.15) is 18.1 Å². The summed E-state index contributed by atoms with van der Waals surface area (Å²) in [6.45, 7) is 1.50. The van der Waals surface area contributed by atoms with Crippen LogP contribution in [-0.2, 0) is 6.61 Å². The van der Waals surface area contributed by atoms with Gasteiger partial charge in [-0.1, -0.05) is 11.2 Å². The van der Waals surface area contributed by atoms with E-state index in [1.807, 2.05) is 18.2 Å². The van der Waals surface area contributed by atoms with Crippen molar-refractivity contribution in [3.63, 3.8) is 0 Å². The van der Waals surface area contributed by atoms with Crippen molar-refractivity contribution >= 4 is 5.91 Å². The van der Waals surface area contributed by atoms with Gasteiger partial charge >= 0.3 is 0 Å². The van der Waals surface area contributed by atoms with Crippen LogP contribution in [0.2, 0.25) is 0 Å². The Hall–Kier alpha value is -2.54. The van der Waals surface area contributed by atoms with Crippen LogP contribution in [0.25, 0.3) is 0 Å². The summed E-state index contributed by atoms with van der Waals surface area (Å²) in [6.07, 6.45) is 1.83. The summed E-state index contributed by atoms with van der Waals surface area (Å²) in [5, 5.41) is 13.1. The number of rotatable bonds is 6. The first-order valence-corrected chi connectivity index (χ1v) is 8.32.